The minimum Gasteiger partial charge on any atom is -0.465 e. The van der Waals surface area contributed by atoms with Gasteiger partial charge in [-0.15, -0.1) is 0 Å². The van der Waals surface area contributed by atoms with E-state index in [2.05, 4.69) is 0 Å². The summed E-state index contributed by atoms with van der Waals surface area (Å²) < 4.78 is 20.4. The Balaban J connectivity index is 2.49. The first kappa shape index (κ1) is 22.9. The molecule has 0 radical (unpaired) electrons. The largest absolute Gasteiger partial charge is 0.465 e. The first-order chi connectivity index (χ1) is 12.8. The molecular weight excluding hydrogens is 356 g/mol. The van der Waals surface area contributed by atoms with Crippen molar-refractivity contribution >= 4 is 23.9 Å². The van der Waals surface area contributed by atoms with Crippen LogP contribution in [0.1, 0.15) is 65.2 Å². The summed E-state index contributed by atoms with van der Waals surface area (Å²) in [5, 5.41) is 0. The standard InChI is InChI=1S/C19H30O8/c1-19(2)13-26-17(22)9-5-3-7-15(20)24-11-12-25-16(21)8-4-6-10-18(23)27-14-19/h3-14H2,1-2H3. The molecule has 27 heavy (non-hydrogen) atoms. The highest BCUT2D eigenvalue weighted by Gasteiger charge is 2.23. The minimum atomic E-state index is -0.488. The van der Waals surface area contributed by atoms with Crippen LogP contribution in [0.25, 0.3) is 0 Å². The van der Waals surface area contributed by atoms with Gasteiger partial charge in [0.05, 0.1) is 13.2 Å². The van der Waals surface area contributed by atoms with Gasteiger partial charge in [-0.25, -0.2) is 0 Å². The zero-order valence-corrected chi connectivity index (χ0v) is 16.3. The van der Waals surface area contributed by atoms with Crippen LogP contribution in [0.4, 0.5) is 0 Å². The minimum absolute atomic E-state index is 0.00796. The Morgan fingerprint density at radius 3 is 1.19 bits per heavy atom. The summed E-state index contributed by atoms with van der Waals surface area (Å²) in [7, 11) is 0. The van der Waals surface area contributed by atoms with Gasteiger partial charge in [-0.3, -0.25) is 19.2 Å². The van der Waals surface area contributed by atoms with E-state index in [1.165, 1.54) is 0 Å². The number of hydrogen-bond acceptors (Lipinski definition) is 8. The van der Waals surface area contributed by atoms with Gasteiger partial charge in [0.2, 0.25) is 0 Å². The van der Waals surface area contributed by atoms with E-state index < -0.39 is 5.41 Å². The molecule has 8 heteroatoms. The van der Waals surface area contributed by atoms with Crippen LogP contribution in [0, 0.1) is 5.41 Å². The summed E-state index contributed by atoms with van der Waals surface area (Å²) in [6.07, 6.45) is 2.85. The maximum Gasteiger partial charge on any atom is 0.305 e. The Morgan fingerprint density at radius 2 is 0.852 bits per heavy atom. The quantitative estimate of drug-likeness (QED) is 0.461. The summed E-state index contributed by atoms with van der Waals surface area (Å²) in [6.45, 7) is 3.99. The number of hydrogen-bond donors (Lipinski definition) is 0. The van der Waals surface area contributed by atoms with Crippen LogP contribution < -0.4 is 0 Å². The maximum absolute atomic E-state index is 11.8. The van der Waals surface area contributed by atoms with Crippen molar-refractivity contribution in [2.75, 3.05) is 26.4 Å². The molecule has 0 saturated carbocycles. The second-order valence-electron chi connectivity index (χ2n) is 7.34. The summed E-state index contributed by atoms with van der Waals surface area (Å²) in [4.78, 5) is 46.6. The second-order valence-corrected chi connectivity index (χ2v) is 7.34. The number of ether oxygens (including phenoxy) is 4. The fourth-order valence-corrected chi connectivity index (χ4v) is 2.27. The van der Waals surface area contributed by atoms with Crippen molar-refractivity contribution in [1.29, 1.82) is 0 Å². The number of carbonyl (C=O) groups is 4. The van der Waals surface area contributed by atoms with Gasteiger partial charge < -0.3 is 18.9 Å². The molecule has 1 aliphatic heterocycles. The topological polar surface area (TPSA) is 105 Å². The lowest BCUT2D eigenvalue weighted by Crippen LogP contribution is -2.28. The van der Waals surface area contributed by atoms with E-state index in [0.29, 0.717) is 25.7 Å². The average Bonchev–Trinajstić information content (AvgIpc) is 2.62. The molecule has 0 amide bonds. The van der Waals surface area contributed by atoms with Crippen LogP contribution in [0.3, 0.4) is 0 Å². The molecule has 0 bridgehead atoms. The van der Waals surface area contributed by atoms with E-state index >= 15 is 0 Å². The highest BCUT2D eigenvalue weighted by Crippen LogP contribution is 2.17. The molecule has 1 rings (SSSR count). The molecule has 0 N–H and O–H groups in total. The number of cyclic esters (lactones) is 4. The Labute approximate surface area is 159 Å². The normalized spacial score (nSPS) is 22.4. The molecule has 1 heterocycles. The van der Waals surface area contributed by atoms with Gasteiger partial charge >= 0.3 is 23.9 Å². The molecule has 1 fully saturated rings. The third-order valence-electron chi connectivity index (χ3n) is 3.88. The highest BCUT2D eigenvalue weighted by molar-refractivity contribution is 5.71. The van der Waals surface area contributed by atoms with E-state index in [-0.39, 0.29) is 76.0 Å². The van der Waals surface area contributed by atoms with Gasteiger partial charge in [-0.2, -0.15) is 0 Å². The van der Waals surface area contributed by atoms with Crippen molar-refractivity contribution in [3.05, 3.63) is 0 Å². The van der Waals surface area contributed by atoms with Crippen molar-refractivity contribution in [3.8, 4) is 0 Å². The first-order valence-corrected chi connectivity index (χ1v) is 9.41. The van der Waals surface area contributed by atoms with Crippen molar-refractivity contribution in [2.45, 2.75) is 65.2 Å². The third kappa shape index (κ3) is 12.0. The zero-order valence-electron chi connectivity index (χ0n) is 16.3. The second kappa shape index (κ2) is 12.3. The molecular formula is C19H30O8. The molecule has 0 aromatic rings. The van der Waals surface area contributed by atoms with E-state index in [9.17, 15) is 19.2 Å². The maximum atomic E-state index is 11.8. The molecule has 1 aliphatic rings. The number of rotatable bonds is 0. The molecule has 154 valence electrons. The van der Waals surface area contributed by atoms with Crippen LogP contribution >= 0.6 is 0 Å². The van der Waals surface area contributed by atoms with Crippen LogP contribution in [-0.2, 0) is 38.1 Å². The molecule has 0 aromatic carbocycles. The molecule has 0 atom stereocenters. The van der Waals surface area contributed by atoms with Crippen molar-refractivity contribution < 1.29 is 38.1 Å². The molecule has 0 aromatic heterocycles. The van der Waals surface area contributed by atoms with Gasteiger partial charge in [-0.05, 0) is 25.7 Å². The average molecular weight is 386 g/mol. The lowest BCUT2D eigenvalue weighted by molar-refractivity contribution is -0.153. The van der Waals surface area contributed by atoms with E-state index in [0.717, 1.165) is 0 Å². The summed E-state index contributed by atoms with van der Waals surface area (Å²) in [5.74, 6) is -1.47. The zero-order chi connectivity index (χ0) is 20.1. The SMILES string of the molecule is CC1(C)COC(=O)CCCCC(=O)OCCOC(=O)CCCCC(=O)OC1. The Morgan fingerprint density at radius 1 is 0.556 bits per heavy atom. The summed E-state index contributed by atoms with van der Waals surface area (Å²) >= 11 is 0. The lowest BCUT2D eigenvalue weighted by atomic mass is 9.96. The van der Waals surface area contributed by atoms with Gasteiger partial charge in [-0.1, -0.05) is 13.8 Å². The molecule has 0 aliphatic carbocycles. The predicted octanol–water partition coefficient (Wildman–Crippen LogP) is 2.32. The van der Waals surface area contributed by atoms with Gasteiger partial charge in [0.25, 0.3) is 0 Å². The number of esters is 4. The lowest BCUT2D eigenvalue weighted by Gasteiger charge is -2.23. The molecule has 1 saturated heterocycles. The van der Waals surface area contributed by atoms with Crippen molar-refractivity contribution in [3.63, 3.8) is 0 Å². The van der Waals surface area contributed by atoms with Crippen LogP contribution in [0.15, 0.2) is 0 Å². The third-order valence-corrected chi connectivity index (χ3v) is 3.88. The highest BCUT2D eigenvalue weighted by atomic mass is 16.6. The van der Waals surface area contributed by atoms with E-state index in [4.69, 9.17) is 18.9 Å². The fourth-order valence-electron chi connectivity index (χ4n) is 2.27. The fraction of sp³-hybridized carbons (Fsp3) is 0.789. The van der Waals surface area contributed by atoms with Gasteiger partial charge in [0.1, 0.15) is 13.2 Å². The van der Waals surface area contributed by atoms with Crippen LogP contribution in [0.2, 0.25) is 0 Å². The van der Waals surface area contributed by atoms with E-state index in [1.807, 2.05) is 13.8 Å². The predicted molar refractivity (Wildman–Crippen MR) is 94.6 cm³/mol. The summed E-state index contributed by atoms with van der Waals surface area (Å²) in [6, 6.07) is 0. The molecule has 8 nitrogen and oxygen atoms in total. The van der Waals surface area contributed by atoms with Crippen LogP contribution in [-0.4, -0.2) is 50.3 Å². The Bertz CT molecular complexity index is 468. The first-order valence-electron chi connectivity index (χ1n) is 9.41. The Kier molecular flexibility index (Phi) is 10.4. The van der Waals surface area contributed by atoms with Crippen molar-refractivity contribution in [2.24, 2.45) is 5.41 Å². The monoisotopic (exact) mass is 386 g/mol. The van der Waals surface area contributed by atoms with Crippen molar-refractivity contribution in [1.82, 2.24) is 0 Å². The summed E-state index contributed by atoms with van der Waals surface area (Å²) in [5.41, 5.74) is -0.488. The van der Waals surface area contributed by atoms with Gasteiger partial charge in [0.15, 0.2) is 0 Å². The van der Waals surface area contributed by atoms with Gasteiger partial charge in [0, 0.05) is 31.1 Å². The molecule has 0 unspecified atom stereocenters. The van der Waals surface area contributed by atoms with Crippen LogP contribution in [0.5, 0.6) is 0 Å². The molecule has 0 spiro atoms. The smallest absolute Gasteiger partial charge is 0.305 e. The van der Waals surface area contributed by atoms with E-state index in [1.54, 1.807) is 0 Å². The Hall–Kier alpha value is -2.12. The number of carbonyl (C=O) groups excluding carboxylic acids is 4.